The fraction of sp³-hybridized carbons (Fsp3) is 0.474. The highest BCUT2D eigenvalue weighted by atomic mass is 19.3. The van der Waals surface area contributed by atoms with Crippen LogP contribution in [0.3, 0.4) is 0 Å². The lowest BCUT2D eigenvalue weighted by molar-refractivity contribution is -0.133. The Morgan fingerprint density at radius 3 is 2.52 bits per heavy atom. The average Bonchev–Trinajstić information content (AvgIpc) is 3.06. The van der Waals surface area contributed by atoms with Crippen molar-refractivity contribution in [1.82, 2.24) is 15.0 Å². The minimum atomic E-state index is -2.83. The molecule has 0 bridgehead atoms. The minimum absolute atomic E-state index is 0.109. The second-order valence-electron chi connectivity index (χ2n) is 6.61. The molecule has 146 valence electrons. The van der Waals surface area contributed by atoms with Crippen LogP contribution in [0.1, 0.15) is 23.4 Å². The number of carbonyl (C=O) groups is 1. The highest BCUT2D eigenvalue weighted by molar-refractivity contribution is 5.76. The summed E-state index contributed by atoms with van der Waals surface area (Å²) in [5.74, 6) is 1.07. The van der Waals surface area contributed by atoms with Crippen molar-refractivity contribution in [3.8, 4) is 5.75 Å². The van der Waals surface area contributed by atoms with E-state index in [1.54, 1.807) is 12.1 Å². The maximum atomic E-state index is 12.4. The average molecular weight is 379 g/mol. The number of hydrogen-bond acceptors (Lipinski definition) is 5. The van der Waals surface area contributed by atoms with E-state index in [0.717, 1.165) is 30.1 Å². The number of carbonyl (C=O) groups excluding carboxylic acids is 1. The number of aromatic nitrogens is 1. The molecule has 0 unspecified atom stereocenters. The third-order valence-corrected chi connectivity index (χ3v) is 4.56. The van der Waals surface area contributed by atoms with Crippen LogP contribution in [0.5, 0.6) is 5.75 Å². The number of amides is 1. The zero-order valence-electron chi connectivity index (χ0n) is 15.2. The predicted octanol–water partition coefficient (Wildman–Crippen LogP) is 2.86. The number of benzene rings is 1. The van der Waals surface area contributed by atoms with Gasteiger partial charge in [0.05, 0.1) is 12.2 Å². The lowest BCUT2D eigenvalue weighted by Crippen LogP contribution is -2.48. The summed E-state index contributed by atoms with van der Waals surface area (Å²) in [5.41, 5.74) is 1.79. The molecule has 1 amide bonds. The summed E-state index contributed by atoms with van der Waals surface area (Å²) in [7, 11) is 0. The van der Waals surface area contributed by atoms with Gasteiger partial charge in [-0.05, 0) is 31.0 Å². The molecule has 0 aliphatic carbocycles. The van der Waals surface area contributed by atoms with Gasteiger partial charge < -0.3 is 14.2 Å². The lowest BCUT2D eigenvalue weighted by atomic mass is 10.1. The molecule has 0 radical (unpaired) electrons. The van der Waals surface area contributed by atoms with Gasteiger partial charge in [-0.3, -0.25) is 9.69 Å². The van der Waals surface area contributed by atoms with Gasteiger partial charge in [-0.15, -0.1) is 0 Å². The highest BCUT2D eigenvalue weighted by Gasteiger charge is 2.21. The van der Waals surface area contributed by atoms with Crippen molar-refractivity contribution in [1.29, 1.82) is 0 Å². The predicted molar refractivity (Wildman–Crippen MR) is 94.5 cm³/mol. The summed E-state index contributed by atoms with van der Waals surface area (Å²) in [6.45, 7) is 2.74. The molecular weight excluding hydrogens is 356 g/mol. The number of rotatable bonds is 7. The van der Waals surface area contributed by atoms with Crippen LogP contribution in [0.25, 0.3) is 0 Å². The molecule has 1 aliphatic heterocycles. The molecule has 6 nitrogen and oxygen atoms in total. The van der Waals surface area contributed by atoms with Crippen LogP contribution in [-0.4, -0.2) is 53.7 Å². The highest BCUT2D eigenvalue weighted by Crippen LogP contribution is 2.16. The number of nitrogens with zero attached hydrogens (tertiary/aromatic N) is 3. The summed E-state index contributed by atoms with van der Waals surface area (Å²) in [5, 5.41) is 3.89. The van der Waals surface area contributed by atoms with E-state index < -0.39 is 6.61 Å². The minimum Gasteiger partial charge on any atom is -0.435 e. The van der Waals surface area contributed by atoms with Crippen molar-refractivity contribution in [3.63, 3.8) is 0 Å². The maximum absolute atomic E-state index is 12.4. The van der Waals surface area contributed by atoms with Crippen molar-refractivity contribution in [2.75, 3.05) is 26.2 Å². The summed E-state index contributed by atoms with van der Waals surface area (Å²) in [4.78, 5) is 16.5. The largest absolute Gasteiger partial charge is 0.435 e. The van der Waals surface area contributed by atoms with E-state index in [9.17, 15) is 13.6 Å². The van der Waals surface area contributed by atoms with Gasteiger partial charge in [0.1, 0.15) is 5.75 Å². The Morgan fingerprint density at radius 2 is 1.93 bits per heavy atom. The Balaban J connectivity index is 1.40. The van der Waals surface area contributed by atoms with E-state index >= 15 is 0 Å². The van der Waals surface area contributed by atoms with E-state index in [2.05, 4.69) is 14.8 Å². The Morgan fingerprint density at radius 1 is 1.22 bits per heavy atom. The van der Waals surface area contributed by atoms with Crippen LogP contribution >= 0.6 is 0 Å². The van der Waals surface area contributed by atoms with Gasteiger partial charge in [0.2, 0.25) is 5.91 Å². The monoisotopic (exact) mass is 379 g/mol. The van der Waals surface area contributed by atoms with Crippen molar-refractivity contribution in [2.45, 2.75) is 32.9 Å². The maximum Gasteiger partial charge on any atom is 0.387 e. The molecule has 3 rings (SSSR count). The number of alkyl halides is 2. The summed E-state index contributed by atoms with van der Waals surface area (Å²) in [6, 6.07) is 8.34. The molecule has 2 heterocycles. The quantitative estimate of drug-likeness (QED) is 0.740. The molecule has 1 aromatic carbocycles. The van der Waals surface area contributed by atoms with E-state index in [0.29, 0.717) is 32.5 Å². The van der Waals surface area contributed by atoms with Gasteiger partial charge in [-0.2, -0.15) is 8.78 Å². The number of halogens is 2. The number of ether oxygens (including phenoxy) is 1. The SMILES string of the molecule is Cc1cc(CN2CCN(C(=O)CCc3ccc(OC(F)F)cc3)CC2)on1. The summed E-state index contributed by atoms with van der Waals surface area (Å²) < 4.78 is 33.9. The van der Waals surface area contributed by atoms with Crippen LogP contribution in [-0.2, 0) is 17.8 Å². The van der Waals surface area contributed by atoms with Gasteiger partial charge in [0.25, 0.3) is 0 Å². The first-order chi connectivity index (χ1) is 13.0. The second-order valence-corrected chi connectivity index (χ2v) is 6.61. The van der Waals surface area contributed by atoms with E-state index in [1.165, 1.54) is 12.1 Å². The van der Waals surface area contributed by atoms with Crippen LogP contribution in [0, 0.1) is 6.92 Å². The molecule has 8 heteroatoms. The van der Waals surface area contributed by atoms with Crippen molar-refractivity contribution >= 4 is 5.91 Å². The molecule has 0 N–H and O–H groups in total. The Bertz CT molecular complexity index is 741. The van der Waals surface area contributed by atoms with Crippen molar-refractivity contribution < 1.29 is 22.8 Å². The molecule has 2 aromatic rings. The molecule has 0 saturated carbocycles. The Kier molecular flexibility index (Phi) is 6.39. The van der Waals surface area contributed by atoms with E-state index in [-0.39, 0.29) is 11.7 Å². The topological polar surface area (TPSA) is 58.8 Å². The van der Waals surface area contributed by atoms with Gasteiger partial charge in [0, 0.05) is 38.7 Å². The van der Waals surface area contributed by atoms with Gasteiger partial charge in [-0.25, -0.2) is 0 Å². The first-order valence-corrected chi connectivity index (χ1v) is 8.95. The summed E-state index contributed by atoms with van der Waals surface area (Å²) >= 11 is 0. The van der Waals surface area contributed by atoms with E-state index in [4.69, 9.17) is 4.52 Å². The van der Waals surface area contributed by atoms with Gasteiger partial charge in [-0.1, -0.05) is 17.3 Å². The van der Waals surface area contributed by atoms with E-state index in [1.807, 2.05) is 17.9 Å². The molecule has 1 fully saturated rings. The molecule has 0 spiro atoms. The molecule has 1 aliphatic rings. The molecule has 1 saturated heterocycles. The zero-order chi connectivity index (χ0) is 19.2. The smallest absolute Gasteiger partial charge is 0.387 e. The first kappa shape index (κ1) is 19.3. The molecule has 27 heavy (non-hydrogen) atoms. The van der Waals surface area contributed by atoms with Gasteiger partial charge in [0.15, 0.2) is 5.76 Å². The normalized spacial score (nSPS) is 15.3. The summed E-state index contributed by atoms with van der Waals surface area (Å²) in [6.07, 6.45) is 0.974. The molecule has 0 atom stereocenters. The third kappa shape index (κ3) is 5.75. The van der Waals surface area contributed by atoms with Crippen LogP contribution in [0.2, 0.25) is 0 Å². The first-order valence-electron chi connectivity index (χ1n) is 8.95. The molecule has 1 aromatic heterocycles. The number of hydrogen-bond donors (Lipinski definition) is 0. The fourth-order valence-corrected chi connectivity index (χ4v) is 3.11. The van der Waals surface area contributed by atoms with Gasteiger partial charge >= 0.3 is 6.61 Å². The standard InChI is InChI=1S/C19H23F2N3O3/c1-14-12-17(27-22-14)13-23-8-10-24(11-9-23)18(25)7-4-15-2-5-16(6-3-15)26-19(20)21/h2-3,5-6,12,19H,4,7-11,13H2,1H3. The Hall–Kier alpha value is -2.48. The second kappa shape index (κ2) is 8.94. The fourth-order valence-electron chi connectivity index (χ4n) is 3.11. The van der Waals surface area contributed by atoms with Crippen molar-refractivity contribution in [3.05, 3.63) is 47.3 Å². The van der Waals surface area contributed by atoms with Crippen LogP contribution in [0.15, 0.2) is 34.9 Å². The Labute approximate surface area is 156 Å². The lowest BCUT2D eigenvalue weighted by Gasteiger charge is -2.34. The van der Waals surface area contributed by atoms with Crippen LogP contribution < -0.4 is 4.74 Å². The van der Waals surface area contributed by atoms with Crippen molar-refractivity contribution in [2.24, 2.45) is 0 Å². The third-order valence-electron chi connectivity index (χ3n) is 4.56. The molecular formula is C19H23F2N3O3. The van der Waals surface area contributed by atoms with Crippen LogP contribution in [0.4, 0.5) is 8.78 Å². The number of aryl methyl sites for hydroxylation is 2. The number of piperazine rings is 1. The zero-order valence-corrected chi connectivity index (χ0v) is 15.2.